The summed E-state index contributed by atoms with van der Waals surface area (Å²) in [5, 5.41) is 8.21. The molecule has 0 aliphatic rings. The molecule has 0 fully saturated rings. The fraction of sp³-hybridized carbons (Fsp3) is 0. The molecule has 1 heteroatoms. The normalized spacial score (nSPS) is 3.91. The van der Waals surface area contributed by atoms with Crippen molar-refractivity contribution in [1.82, 2.24) is 0 Å². The molecule has 0 unspecified atom stereocenters. The summed E-state index contributed by atoms with van der Waals surface area (Å²) in [5.41, 5.74) is 0. The average Bonchev–Trinajstić information content (AvgIpc) is 3.37. The summed E-state index contributed by atoms with van der Waals surface area (Å²) in [5.74, 6) is 165. The molecule has 0 radical (unpaired) electrons. The Kier molecular flexibility index (Phi) is 41.7. The zero-order valence-electron chi connectivity index (χ0n) is 35.0. The molecule has 0 aliphatic heterocycles. The van der Waals surface area contributed by atoms with Crippen LogP contribution >= 0.6 is 0 Å². The minimum absolute atomic E-state index is 1.62. The Hall–Kier alpha value is -15.5. The van der Waals surface area contributed by atoms with Crippen LogP contribution in [0, 0.1) is 414 Å². The van der Waals surface area contributed by atoms with Crippen LogP contribution in [0.25, 0.3) is 0 Å². The fourth-order valence-corrected chi connectivity index (χ4v) is 2.06. The van der Waals surface area contributed by atoms with Crippen LogP contribution in [0.1, 0.15) is 0 Å². The van der Waals surface area contributed by atoms with E-state index in [9.17, 15) is 0 Å². The lowest BCUT2D eigenvalue weighted by Crippen LogP contribution is -1.57. The van der Waals surface area contributed by atoms with Crippen LogP contribution in [-0.4, -0.2) is 0 Å². The maximum atomic E-state index is 8.21. The van der Waals surface area contributed by atoms with Gasteiger partial charge < -0.3 is 0 Å². The fourth-order valence-electron chi connectivity index (χ4n) is 2.06. The molecule has 0 rings (SSSR count). The minimum atomic E-state index is 1.62. The minimum Gasteiger partial charge on any atom is -0.183 e. The average molecular weight is 844 g/mol. The molecule has 0 N–H and O–H groups in total. The Morgan fingerprint density at radius 2 is 0.186 bits per heavy atom. The number of nitriles is 1. The van der Waals surface area contributed by atoms with Gasteiger partial charge in [0.25, 0.3) is 0 Å². The highest BCUT2D eigenvalue weighted by atomic mass is 14.2. The Bertz CT molecular complexity index is 4320. The monoisotopic (exact) mass is 843 g/mol. The summed E-state index contributed by atoms with van der Waals surface area (Å²) < 4.78 is 0. The standard InChI is InChI=1S/C69HN/c1-2-3-4-5-6-7-8-9-10-11-12-13-14-15-16-17-18-19-20-21-22-23-24-25-26-27-28-29-30-31-32-33-34-35-36-37-38-39-40-41-42-43-44-45-46-47-48-49-50-51-52-53-54-55-56-57-58-59-60-61-62-63-64-65-66-67-68-69-70/h1H. The second kappa shape index (κ2) is 53.5. The predicted molar refractivity (Wildman–Crippen MR) is 271 cm³/mol. The molecule has 0 aromatic carbocycles. The van der Waals surface area contributed by atoms with E-state index < -0.39 is 0 Å². The van der Waals surface area contributed by atoms with Gasteiger partial charge in [-0.25, -0.2) is 0 Å². The summed E-state index contributed by atoms with van der Waals surface area (Å²) in [6.45, 7) is 0. The summed E-state index contributed by atoms with van der Waals surface area (Å²) in [4.78, 5) is 0. The van der Waals surface area contributed by atoms with E-state index in [2.05, 4.69) is 397 Å². The van der Waals surface area contributed by atoms with Crippen molar-refractivity contribution in [2.45, 2.75) is 0 Å². The van der Waals surface area contributed by atoms with Crippen LogP contribution in [0.15, 0.2) is 0 Å². The largest absolute Gasteiger partial charge is 0.183 e. The maximum absolute atomic E-state index is 8.21. The van der Waals surface area contributed by atoms with Crippen LogP contribution in [-0.2, 0) is 0 Å². The first kappa shape index (κ1) is 54.5. The second-order valence-corrected chi connectivity index (χ2v) is 8.51. The summed E-state index contributed by atoms with van der Waals surface area (Å²) in [6.07, 6.45) is 4.95. The lowest BCUT2D eigenvalue weighted by molar-refractivity contribution is 1.55. The van der Waals surface area contributed by atoms with Crippen LogP contribution < -0.4 is 0 Å². The van der Waals surface area contributed by atoms with Gasteiger partial charge in [-0.3, -0.25) is 0 Å². The highest BCUT2D eigenvalue weighted by Crippen LogP contribution is 1.64. The molecule has 0 saturated carbocycles. The lowest BCUT2D eigenvalue weighted by atomic mass is 10.4. The van der Waals surface area contributed by atoms with Crippen molar-refractivity contribution >= 4 is 0 Å². The molecular weight excluding hydrogens is 843 g/mol. The van der Waals surface area contributed by atoms with Crippen molar-refractivity contribution < 1.29 is 0 Å². The van der Waals surface area contributed by atoms with Gasteiger partial charge in [0.15, 0.2) is 6.07 Å². The van der Waals surface area contributed by atoms with Crippen LogP contribution in [0.3, 0.4) is 0 Å². The summed E-state index contributed by atoms with van der Waals surface area (Å²) >= 11 is 0. The third-order valence-electron chi connectivity index (χ3n) is 4.19. The van der Waals surface area contributed by atoms with E-state index >= 15 is 0 Å². The topological polar surface area (TPSA) is 23.8 Å². The van der Waals surface area contributed by atoms with E-state index in [0.717, 1.165) is 0 Å². The number of terminal acetylenes is 1. The Morgan fingerprint density at radius 3 is 0.257 bits per heavy atom. The molecule has 0 heterocycles. The highest BCUT2D eigenvalue weighted by molar-refractivity contribution is 5.53. The van der Waals surface area contributed by atoms with Crippen LogP contribution in [0.5, 0.6) is 0 Å². The van der Waals surface area contributed by atoms with E-state index in [4.69, 9.17) is 11.7 Å². The molecular formula is C69HN. The second-order valence-electron chi connectivity index (χ2n) is 8.51. The number of nitrogens with zero attached hydrogens (tertiary/aromatic N) is 1. The molecule has 282 valence electrons. The van der Waals surface area contributed by atoms with Crippen molar-refractivity contribution in [3.8, 4) is 409 Å². The van der Waals surface area contributed by atoms with Gasteiger partial charge in [-0.1, -0.05) is 0 Å². The molecule has 1 nitrogen and oxygen atoms in total. The number of hydrogen-bond acceptors (Lipinski definition) is 1. The highest BCUT2D eigenvalue weighted by Gasteiger charge is 1.64. The Morgan fingerprint density at radius 1 is 0.114 bits per heavy atom. The van der Waals surface area contributed by atoms with Gasteiger partial charge in [0.05, 0.1) is 0 Å². The third-order valence-corrected chi connectivity index (χ3v) is 4.19. The molecule has 0 aliphatic carbocycles. The molecule has 0 aromatic heterocycles. The predicted octanol–water partition coefficient (Wildman–Crippen LogP) is 0.255. The Labute approximate surface area is 412 Å². The van der Waals surface area contributed by atoms with Crippen molar-refractivity contribution in [1.29, 1.82) is 5.26 Å². The summed E-state index contributed by atoms with van der Waals surface area (Å²) in [7, 11) is 0. The van der Waals surface area contributed by atoms with Crippen molar-refractivity contribution in [2.75, 3.05) is 0 Å². The molecule has 0 aromatic rings. The molecule has 0 bridgehead atoms. The maximum Gasteiger partial charge on any atom is 0.153 e. The lowest BCUT2D eigenvalue weighted by Gasteiger charge is -1.57. The van der Waals surface area contributed by atoms with Gasteiger partial charge in [0.1, 0.15) is 0 Å². The van der Waals surface area contributed by atoms with E-state index in [1.807, 2.05) is 0 Å². The van der Waals surface area contributed by atoms with Gasteiger partial charge in [-0.15, -0.1) is 6.42 Å². The molecule has 0 spiro atoms. The number of hydrogen-bond donors (Lipinski definition) is 0. The van der Waals surface area contributed by atoms with E-state index in [0.29, 0.717) is 0 Å². The first-order chi connectivity index (χ1) is 34.9. The Balaban J connectivity index is 4.60. The van der Waals surface area contributed by atoms with Crippen LogP contribution in [0.2, 0.25) is 0 Å². The van der Waals surface area contributed by atoms with Gasteiger partial charge in [0.2, 0.25) is 0 Å². The van der Waals surface area contributed by atoms with Crippen molar-refractivity contribution in [3.05, 3.63) is 0 Å². The van der Waals surface area contributed by atoms with Gasteiger partial charge in [0, 0.05) is 349 Å². The van der Waals surface area contributed by atoms with Crippen molar-refractivity contribution in [3.63, 3.8) is 0 Å². The zero-order valence-corrected chi connectivity index (χ0v) is 35.0. The molecule has 0 atom stereocenters. The molecule has 70 heavy (non-hydrogen) atoms. The first-order valence-electron chi connectivity index (χ1n) is 17.3. The van der Waals surface area contributed by atoms with E-state index in [-0.39, 0.29) is 0 Å². The van der Waals surface area contributed by atoms with Crippen molar-refractivity contribution in [2.24, 2.45) is 0 Å². The van der Waals surface area contributed by atoms with Crippen LogP contribution in [0.4, 0.5) is 0 Å². The van der Waals surface area contributed by atoms with Gasteiger partial charge in [-0.05, 0) is 47.4 Å². The number of rotatable bonds is 0. The smallest absolute Gasteiger partial charge is 0.153 e. The van der Waals surface area contributed by atoms with E-state index in [1.165, 1.54) is 0 Å². The molecule has 0 saturated heterocycles. The quantitative estimate of drug-likeness (QED) is 0.322. The zero-order chi connectivity index (χ0) is 50.1. The third kappa shape index (κ3) is 52.5. The van der Waals surface area contributed by atoms with Gasteiger partial charge in [-0.2, -0.15) is 5.26 Å². The van der Waals surface area contributed by atoms with Gasteiger partial charge >= 0.3 is 0 Å². The summed E-state index contributed by atoms with van der Waals surface area (Å²) in [6, 6.07) is 1.62. The first-order valence-corrected chi connectivity index (χ1v) is 17.3. The SMILES string of the molecule is C#CC#CC#CC#CC#CC#CC#CC#CC#CC#CC#CC#CC#CC#CC#CC#CC#CC#CC#CC#CC#CC#CC#CC#CC#CC#CC#CC#CC#CC#CC#CC#CC#CC#CC#N. The van der Waals surface area contributed by atoms with E-state index in [1.54, 1.807) is 6.07 Å². The molecule has 0 amide bonds.